The average Bonchev–Trinajstić information content (AvgIpc) is 3.22. The molecule has 3 heterocycles. The number of rotatable bonds is 10. The smallest absolute Gasteiger partial charge is 0.287 e. The van der Waals surface area contributed by atoms with E-state index in [0.717, 1.165) is 24.6 Å². The van der Waals surface area contributed by atoms with Gasteiger partial charge in [-0.25, -0.2) is 9.97 Å². The topological polar surface area (TPSA) is 99.0 Å². The maximum absolute atomic E-state index is 12.0. The Morgan fingerprint density at radius 2 is 2.07 bits per heavy atom. The molecule has 0 bridgehead atoms. The van der Waals surface area contributed by atoms with E-state index < -0.39 is 0 Å². The van der Waals surface area contributed by atoms with E-state index in [9.17, 15) is 4.79 Å². The van der Waals surface area contributed by atoms with Crippen molar-refractivity contribution >= 4 is 23.5 Å². The van der Waals surface area contributed by atoms with Gasteiger partial charge in [0.2, 0.25) is 0 Å². The summed E-state index contributed by atoms with van der Waals surface area (Å²) in [7, 11) is 3.23. The Kier molecular flexibility index (Phi) is 8.29. The van der Waals surface area contributed by atoms with Crippen LogP contribution in [0.5, 0.6) is 0 Å². The van der Waals surface area contributed by atoms with Crippen LogP contribution in [0.25, 0.3) is 0 Å². The Morgan fingerprint density at radius 1 is 1.24 bits per heavy atom. The summed E-state index contributed by atoms with van der Waals surface area (Å²) in [5.74, 6) is 2.09. The van der Waals surface area contributed by atoms with Crippen molar-refractivity contribution in [3.8, 4) is 0 Å². The molecule has 158 valence electrons. The number of aromatic nitrogens is 2. The predicted molar refractivity (Wildman–Crippen MR) is 108 cm³/mol. The van der Waals surface area contributed by atoms with Crippen molar-refractivity contribution in [2.24, 2.45) is 0 Å². The number of furan rings is 1. The zero-order valence-electron chi connectivity index (χ0n) is 16.7. The Labute approximate surface area is 174 Å². The molecule has 1 N–H and O–H groups in total. The van der Waals surface area contributed by atoms with Gasteiger partial charge in [-0.05, 0) is 12.1 Å². The predicted octanol–water partition coefficient (Wildman–Crippen LogP) is 1.72. The zero-order valence-corrected chi connectivity index (χ0v) is 17.5. The summed E-state index contributed by atoms with van der Waals surface area (Å²) in [6.07, 6.45) is 0. The maximum Gasteiger partial charge on any atom is 0.287 e. The molecule has 3 rings (SSSR count). The standard InChI is InChI=1S/C19H26N4O5S/c1-25-8-5-20-18(24)16-4-3-15(28-16)13-29-19-21-14(12-26-2)11-17(22-19)23-6-9-27-10-7-23/h3-4,11H,5-10,12-13H2,1-2H3,(H,20,24). The number of ether oxygens (including phenoxy) is 3. The highest BCUT2D eigenvalue weighted by atomic mass is 32.2. The van der Waals surface area contributed by atoms with E-state index in [4.69, 9.17) is 18.6 Å². The summed E-state index contributed by atoms with van der Waals surface area (Å²) < 4.78 is 21.2. The molecular formula is C19H26N4O5S. The third-order valence-electron chi connectivity index (χ3n) is 4.19. The van der Waals surface area contributed by atoms with Gasteiger partial charge >= 0.3 is 0 Å². The molecule has 0 aromatic carbocycles. The van der Waals surface area contributed by atoms with E-state index in [2.05, 4.69) is 20.2 Å². The van der Waals surface area contributed by atoms with Crippen LogP contribution in [0.3, 0.4) is 0 Å². The fourth-order valence-corrected chi connectivity index (χ4v) is 3.53. The molecule has 2 aromatic heterocycles. The number of nitrogens with zero attached hydrogens (tertiary/aromatic N) is 3. The molecule has 0 aliphatic carbocycles. The summed E-state index contributed by atoms with van der Waals surface area (Å²) >= 11 is 1.46. The normalized spacial score (nSPS) is 14.2. The van der Waals surface area contributed by atoms with Crippen molar-refractivity contribution in [1.82, 2.24) is 15.3 Å². The number of hydrogen-bond donors (Lipinski definition) is 1. The first-order valence-electron chi connectivity index (χ1n) is 9.38. The monoisotopic (exact) mass is 422 g/mol. The molecule has 0 saturated carbocycles. The second-order valence-electron chi connectivity index (χ2n) is 6.34. The number of amides is 1. The number of carbonyl (C=O) groups excluding carboxylic acids is 1. The molecule has 1 fully saturated rings. The molecule has 1 amide bonds. The molecule has 0 atom stereocenters. The van der Waals surface area contributed by atoms with Crippen LogP contribution < -0.4 is 10.2 Å². The number of hydrogen-bond acceptors (Lipinski definition) is 9. The molecule has 9 nitrogen and oxygen atoms in total. The summed E-state index contributed by atoms with van der Waals surface area (Å²) in [4.78, 5) is 23.4. The van der Waals surface area contributed by atoms with Gasteiger partial charge in [-0.15, -0.1) is 0 Å². The van der Waals surface area contributed by atoms with E-state index in [1.54, 1.807) is 26.4 Å². The number of nitrogens with one attached hydrogen (secondary N) is 1. The molecule has 1 aliphatic heterocycles. The molecule has 1 aliphatic rings. The molecule has 2 aromatic rings. The van der Waals surface area contributed by atoms with Crippen LogP contribution >= 0.6 is 11.8 Å². The average molecular weight is 423 g/mol. The second-order valence-corrected chi connectivity index (χ2v) is 7.28. The molecule has 10 heteroatoms. The highest BCUT2D eigenvalue weighted by Gasteiger charge is 2.16. The lowest BCUT2D eigenvalue weighted by Gasteiger charge is -2.28. The van der Waals surface area contributed by atoms with Gasteiger partial charge in [0.05, 0.1) is 37.9 Å². The van der Waals surface area contributed by atoms with Gasteiger partial charge in [-0.1, -0.05) is 11.8 Å². The van der Waals surface area contributed by atoms with E-state index in [1.165, 1.54) is 11.8 Å². The highest BCUT2D eigenvalue weighted by Crippen LogP contribution is 2.24. The highest BCUT2D eigenvalue weighted by molar-refractivity contribution is 7.98. The Bertz CT molecular complexity index is 795. The lowest BCUT2D eigenvalue weighted by molar-refractivity contribution is 0.0908. The minimum atomic E-state index is -0.258. The first kappa shape index (κ1) is 21.6. The summed E-state index contributed by atoms with van der Waals surface area (Å²) in [6, 6.07) is 5.41. The van der Waals surface area contributed by atoms with Crippen molar-refractivity contribution in [1.29, 1.82) is 0 Å². The first-order chi connectivity index (χ1) is 14.2. The molecule has 0 radical (unpaired) electrons. The van der Waals surface area contributed by atoms with E-state index in [0.29, 0.717) is 49.6 Å². The number of methoxy groups -OCH3 is 2. The van der Waals surface area contributed by atoms with E-state index >= 15 is 0 Å². The maximum atomic E-state index is 12.0. The van der Waals surface area contributed by atoms with Crippen LogP contribution in [0, 0.1) is 0 Å². The quantitative estimate of drug-likeness (QED) is 0.348. The lowest BCUT2D eigenvalue weighted by atomic mass is 10.3. The van der Waals surface area contributed by atoms with Crippen LogP contribution in [0.1, 0.15) is 22.0 Å². The van der Waals surface area contributed by atoms with E-state index in [-0.39, 0.29) is 11.7 Å². The molecule has 29 heavy (non-hydrogen) atoms. The van der Waals surface area contributed by atoms with E-state index in [1.807, 2.05) is 6.07 Å². The number of morpholine rings is 1. The van der Waals surface area contributed by atoms with Crippen LogP contribution in [-0.4, -0.2) is 69.5 Å². The van der Waals surface area contributed by atoms with Gasteiger partial charge in [-0.2, -0.15) is 0 Å². The summed E-state index contributed by atoms with van der Waals surface area (Å²) in [5, 5.41) is 3.38. The molecule has 0 unspecified atom stereocenters. The fraction of sp³-hybridized carbons (Fsp3) is 0.526. The minimum Gasteiger partial charge on any atom is -0.455 e. The van der Waals surface area contributed by atoms with Crippen LogP contribution in [0.4, 0.5) is 5.82 Å². The van der Waals surface area contributed by atoms with Crippen molar-refractivity contribution in [2.45, 2.75) is 17.5 Å². The van der Waals surface area contributed by atoms with Gasteiger partial charge in [0.15, 0.2) is 10.9 Å². The van der Waals surface area contributed by atoms with Crippen LogP contribution in [0.15, 0.2) is 27.8 Å². The van der Waals surface area contributed by atoms with Gasteiger partial charge in [-0.3, -0.25) is 4.79 Å². The van der Waals surface area contributed by atoms with Crippen molar-refractivity contribution in [2.75, 3.05) is 58.6 Å². The first-order valence-corrected chi connectivity index (χ1v) is 10.4. The van der Waals surface area contributed by atoms with Gasteiger partial charge in [0.1, 0.15) is 11.6 Å². The third kappa shape index (κ3) is 6.43. The Balaban J connectivity index is 1.63. The number of anilines is 1. The van der Waals surface area contributed by atoms with Crippen molar-refractivity contribution < 1.29 is 23.4 Å². The minimum absolute atomic E-state index is 0.258. The van der Waals surface area contributed by atoms with Gasteiger partial charge in [0.25, 0.3) is 5.91 Å². The number of thioether (sulfide) groups is 1. The lowest BCUT2D eigenvalue weighted by Crippen LogP contribution is -2.37. The largest absolute Gasteiger partial charge is 0.455 e. The van der Waals surface area contributed by atoms with Gasteiger partial charge in [0, 0.05) is 39.9 Å². The second kappa shape index (κ2) is 11.1. The Morgan fingerprint density at radius 3 is 2.83 bits per heavy atom. The van der Waals surface area contributed by atoms with Gasteiger partial charge < -0.3 is 28.8 Å². The summed E-state index contributed by atoms with van der Waals surface area (Å²) in [6.45, 7) is 4.28. The van der Waals surface area contributed by atoms with Crippen molar-refractivity contribution in [3.05, 3.63) is 35.4 Å². The molecule has 0 spiro atoms. The van der Waals surface area contributed by atoms with Crippen LogP contribution in [-0.2, 0) is 26.6 Å². The third-order valence-corrected chi connectivity index (χ3v) is 5.06. The number of carbonyl (C=O) groups is 1. The zero-order chi connectivity index (χ0) is 20.5. The van der Waals surface area contributed by atoms with Crippen molar-refractivity contribution in [3.63, 3.8) is 0 Å². The fourth-order valence-electron chi connectivity index (χ4n) is 2.77. The Hall–Kier alpha value is -2.14. The summed E-state index contributed by atoms with van der Waals surface area (Å²) in [5.41, 5.74) is 0.823. The van der Waals surface area contributed by atoms with Crippen LogP contribution in [0.2, 0.25) is 0 Å². The molecule has 1 saturated heterocycles. The molecular weight excluding hydrogens is 396 g/mol. The SMILES string of the molecule is COCCNC(=O)c1ccc(CSc2nc(COC)cc(N3CCOCC3)n2)o1.